The van der Waals surface area contributed by atoms with Crippen molar-refractivity contribution in [2.75, 3.05) is 0 Å². The van der Waals surface area contributed by atoms with Gasteiger partial charge in [-0.2, -0.15) is 0 Å². The predicted octanol–water partition coefficient (Wildman–Crippen LogP) is 1.68. The van der Waals surface area contributed by atoms with E-state index in [1.807, 2.05) is 0 Å². The molecule has 0 aromatic heterocycles. The van der Waals surface area contributed by atoms with Gasteiger partial charge in [0.25, 0.3) is 0 Å². The summed E-state index contributed by atoms with van der Waals surface area (Å²) in [4.78, 5) is 0. The number of hydrogen-bond donors (Lipinski definition) is 0. The van der Waals surface area contributed by atoms with Crippen LogP contribution >= 0.6 is 34.8 Å². The molecule has 0 heterocycles. The molecule has 0 rings (SSSR count). The van der Waals surface area contributed by atoms with Crippen molar-refractivity contribution in [3.05, 3.63) is 0 Å². The van der Waals surface area contributed by atoms with Crippen molar-refractivity contribution < 1.29 is 0 Å². The molecule has 0 fully saturated rings. The van der Waals surface area contributed by atoms with E-state index in [9.17, 15) is 0 Å². The molecular weight excluding hydrogens is 249 g/mol. The van der Waals surface area contributed by atoms with Gasteiger partial charge >= 0.3 is 65.6 Å². The first kappa shape index (κ1) is 7.67. The van der Waals surface area contributed by atoms with E-state index in [0.717, 1.165) is 22.5 Å². The number of halogens is 3. The van der Waals surface area contributed by atoms with Crippen LogP contribution in [-0.2, 0) is 0 Å². The summed E-state index contributed by atoms with van der Waals surface area (Å²) in [7, 11) is 0. The summed E-state index contributed by atoms with van der Waals surface area (Å²) in [5.41, 5.74) is 0. The molecule has 0 aliphatic heterocycles. The summed E-state index contributed by atoms with van der Waals surface area (Å²) in [6, 6.07) is 0. The molecule has 6 heavy (non-hydrogen) atoms. The van der Waals surface area contributed by atoms with Crippen LogP contribution in [0.2, 0.25) is 4.44 Å². The van der Waals surface area contributed by atoms with Crippen LogP contribution in [0, 0.1) is 0 Å². The second kappa shape index (κ2) is 2.85. The fourth-order valence-electron chi connectivity index (χ4n) is 0. The average molecular weight is 252 g/mol. The van der Waals surface area contributed by atoms with Crippen LogP contribution in [0.5, 0.6) is 0 Å². The van der Waals surface area contributed by atoms with Gasteiger partial charge < -0.3 is 0 Å². The summed E-state index contributed by atoms with van der Waals surface area (Å²) >= 11 is 16.9. The van der Waals surface area contributed by atoms with Gasteiger partial charge in [0.2, 0.25) is 0 Å². The zero-order valence-corrected chi connectivity index (χ0v) is 8.48. The zero-order valence-electron chi connectivity index (χ0n) is 2.92. The van der Waals surface area contributed by atoms with Crippen LogP contribution in [0.1, 0.15) is 0 Å². The molecular formula is C2H3Cl3Sn. The minimum absolute atomic E-state index is 0.697. The van der Waals surface area contributed by atoms with Crippen LogP contribution in [-0.4, -0.2) is 26.3 Å². The number of rotatable bonds is 0. The van der Waals surface area contributed by atoms with E-state index in [1.165, 1.54) is 0 Å². The molecule has 0 amide bonds. The van der Waals surface area contributed by atoms with Gasteiger partial charge in [0.1, 0.15) is 0 Å². The first-order valence-electron chi connectivity index (χ1n) is 1.33. The molecule has 0 unspecified atom stereocenters. The van der Waals surface area contributed by atoms with Crippen molar-refractivity contribution >= 4 is 57.3 Å². The van der Waals surface area contributed by atoms with E-state index in [-0.39, 0.29) is 0 Å². The third-order valence-corrected chi connectivity index (χ3v) is 4.66. The molecule has 4 heteroatoms. The molecule has 36 valence electrons. The predicted molar refractivity (Wildman–Crippen MR) is 32.2 cm³/mol. The molecule has 0 saturated heterocycles. The van der Waals surface area contributed by atoms with Gasteiger partial charge in [0.05, 0.1) is 0 Å². The fourth-order valence-corrected chi connectivity index (χ4v) is 0. The van der Waals surface area contributed by atoms with E-state index < -0.39 is 3.79 Å². The molecule has 2 radical (unpaired) electrons. The van der Waals surface area contributed by atoms with Gasteiger partial charge in [0.15, 0.2) is 0 Å². The van der Waals surface area contributed by atoms with Gasteiger partial charge in [-0.1, -0.05) is 0 Å². The van der Waals surface area contributed by atoms with E-state index in [4.69, 9.17) is 34.8 Å². The average Bonchev–Trinajstić information content (AvgIpc) is 1.35. The zero-order chi connectivity index (χ0) is 5.21. The van der Waals surface area contributed by atoms with E-state index in [2.05, 4.69) is 0 Å². The molecule has 0 N–H and O–H groups in total. The van der Waals surface area contributed by atoms with Crippen molar-refractivity contribution in [2.45, 2.75) is 8.23 Å². The topological polar surface area (TPSA) is 0 Å². The fraction of sp³-hybridized carbons (Fsp3) is 1.00. The Morgan fingerprint density at radius 2 is 1.50 bits per heavy atom. The molecule has 0 aliphatic rings. The van der Waals surface area contributed by atoms with Gasteiger partial charge in [-0.3, -0.25) is 0 Å². The standard InChI is InChI=1S/C2H2Cl3.Sn.H/c1-2(3,4)5;;/h1H2;;. The summed E-state index contributed by atoms with van der Waals surface area (Å²) < 4.78 is -0.287. The number of hydrogen-bond acceptors (Lipinski definition) is 0. The van der Waals surface area contributed by atoms with Crippen LogP contribution in [0.15, 0.2) is 0 Å². The first-order chi connectivity index (χ1) is 2.56. The molecule has 0 aliphatic carbocycles. The summed E-state index contributed by atoms with van der Waals surface area (Å²) in [5, 5.41) is 0. The third-order valence-electron chi connectivity index (χ3n) is 0.231. The maximum absolute atomic E-state index is 5.28. The molecule has 0 spiro atoms. The van der Waals surface area contributed by atoms with Crippen molar-refractivity contribution in [3.63, 3.8) is 0 Å². The molecule has 0 aromatic carbocycles. The Labute approximate surface area is 65.2 Å². The summed E-state index contributed by atoms with van der Waals surface area (Å²) in [6.45, 7) is 0. The molecule has 0 atom stereocenters. The molecule has 0 bridgehead atoms. The van der Waals surface area contributed by atoms with Crippen LogP contribution in [0.25, 0.3) is 0 Å². The minimum atomic E-state index is -0.984. The van der Waals surface area contributed by atoms with Gasteiger partial charge in [-0.25, -0.2) is 0 Å². The Kier molecular flexibility index (Phi) is 3.64. The SMILES string of the molecule is ClC(Cl)(Cl)[CH2][SnH]. The Balaban J connectivity index is 3.17. The van der Waals surface area contributed by atoms with Crippen LogP contribution in [0.3, 0.4) is 0 Å². The molecule has 0 aromatic rings. The third kappa shape index (κ3) is 5.67. The second-order valence-corrected chi connectivity index (χ2v) is 4.50. The van der Waals surface area contributed by atoms with E-state index >= 15 is 0 Å². The van der Waals surface area contributed by atoms with Crippen molar-refractivity contribution in [1.29, 1.82) is 0 Å². The Morgan fingerprint density at radius 1 is 1.33 bits per heavy atom. The molecule has 0 saturated carbocycles. The first-order valence-corrected chi connectivity index (χ1v) is 4.79. The Morgan fingerprint density at radius 3 is 1.50 bits per heavy atom. The molecule has 0 nitrogen and oxygen atoms in total. The van der Waals surface area contributed by atoms with Gasteiger partial charge in [-0.05, 0) is 0 Å². The Hall–Kier alpha value is 1.67. The van der Waals surface area contributed by atoms with Gasteiger partial charge in [0, 0.05) is 0 Å². The summed E-state index contributed by atoms with van der Waals surface area (Å²) in [6.07, 6.45) is 0. The maximum atomic E-state index is 5.28. The van der Waals surface area contributed by atoms with Crippen molar-refractivity contribution in [2.24, 2.45) is 0 Å². The van der Waals surface area contributed by atoms with Crippen LogP contribution < -0.4 is 0 Å². The normalized spacial score (nSPS) is 12.0. The van der Waals surface area contributed by atoms with Crippen LogP contribution in [0.4, 0.5) is 0 Å². The Bertz CT molecular complexity index is 38.5. The number of alkyl halides is 3. The van der Waals surface area contributed by atoms with E-state index in [1.54, 1.807) is 0 Å². The summed E-state index contributed by atoms with van der Waals surface area (Å²) in [5.74, 6) is 0. The second-order valence-electron chi connectivity index (χ2n) is 0.819. The quantitative estimate of drug-likeness (QED) is 0.454. The van der Waals surface area contributed by atoms with Crippen molar-refractivity contribution in [3.8, 4) is 0 Å². The van der Waals surface area contributed by atoms with E-state index in [0.29, 0.717) is 4.44 Å². The monoisotopic (exact) mass is 252 g/mol. The van der Waals surface area contributed by atoms with Gasteiger partial charge in [-0.15, -0.1) is 0 Å². The van der Waals surface area contributed by atoms with Crippen molar-refractivity contribution in [1.82, 2.24) is 0 Å².